The molecule has 2 aliphatic heterocycles. The Labute approximate surface area is 55.1 Å². The van der Waals surface area contributed by atoms with E-state index in [0.717, 1.165) is 26.2 Å². The van der Waals surface area contributed by atoms with Crippen LogP contribution in [-0.4, -0.2) is 42.2 Å². The van der Waals surface area contributed by atoms with Gasteiger partial charge in [0.1, 0.15) is 0 Å². The fourth-order valence-electron chi connectivity index (χ4n) is 1.01. The zero-order valence-electron chi connectivity index (χ0n) is 5.58. The van der Waals surface area contributed by atoms with E-state index >= 15 is 0 Å². The molecule has 9 heavy (non-hydrogen) atoms. The Morgan fingerprint density at radius 2 is 1.44 bits per heavy atom. The monoisotopic (exact) mass is 146 g/mol. The maximum absolute atomic E-state index is 11.6. The van der Waals surface area contributed by atoms with Crippen molar-refractivity contribution < 1.29 is 4.57 Å². The number of hydrogen-bond donors (Lipinski definition) is 0. The minimum atomic E-state index is -1.95. The van der Waals surface area contributed by atoms with Crippen molar-refractivity contribution in [1.29, 1.82) is 0 Å². The third-order valence-corrected chi connectivity index (χ3v) is 4.80. The van der Waals surface area contributed by atoms with Crippen LogP contribution >= 0.6 is 7.44 Å². The SMILES string of the molecule is CP(=O)(N1CC1)N1CC1. The van der Waals surface area contributed by atoms with E-state index in [0.29, 0.717) is 0 Å². The first-order valence-corrected chi connectivity index (χ1v) is 5.35. The molecule has 0 saturated carbocycles. The minimum absolute atomic E-state index is 1.05. The van der Waals surface area contributed by atoms with Crippen molar-refractivity contribution in [1.82, 2.24) is 9.34 Å². The third-order valence-electron chi connectivity index (χ3n) is 1.90. The Morgan fingerprint density at radius 1 is 1.11 bits per heavy atom. The second kappa shape index (κ2) is 1.60. The van der Waals surface area contributed by atoms with E-state index in [1.807, 2.05) is 6.66 Å². The summed E-state index contributed by atoms with van der Waals surface area (Å²) in [5, 5.41) is 0. The predicted molar refractivity (Wildman–Crippen MR) is 36.7 cm³/mol. The van der Waals surface area contributed by atoms with Crippen molar-refractivity contribution in [2.75, 3.05) is 32.8 Å². The van der Waals surface area contributed by atoms with Crippen molar-refractivity contribution in [3.63, 3.8) is 0 Å². The highest BCUT2D eigenvalue weighted by molar-refractivity contribution is 7.58. The summed E-state index contributed by atoms with van der Waals surface area (Å²) >= 11 is 0. The first kappa shape index (κ1) is 5.90. The van der Waals surface area contributed by atoms with Crippen molar-refractivity contribution >= 4 is 7.44 Å². The molecular weight excluding hydrogens is 135 g/mol. The third kappa shape index (κ3) is 0.936. The average molecular weight is 146 g/mol. The molecule has 0 aliphatic carbocycles. The molecule has 0 unspecified atom stereocenters. The normalized spacial score (nSPS) is 28.6. The topological polar surface area (TPSA) is 23.1 Å². The van der Waals surface area contributed by atoms with Gasteiger partial charge in [-0.3, -0.25) is 4.57 Å². The first-order valence-electron chi connectivity index (χ1n) is 3.29. The van der Waals surface area contributed by atoms with Crippen LogP contribution < -0.4 is 0 Å². The standard InChI is InChI=1S/C5H11N2OP/c1-9(8,6-2-3-6)7-4-5-7/h2-5H2,1H3. The average Bonchev–Trinajstić information content (AvgIpc) is 2.62. The van der Waals surface area contributed by atoms with Crippen LogP contribution in [0.5, 0.6) is 0 Å². The van der Waals surface area contributed by atoms with Crippen molar-refractivity contribution in [3.8, 4) is 0 Å². The van der Waals surface area contributed by atoms with Crippen LogP contribution in [-0.2, 0) is 4.57 Å². The predicted octanol–water partition coefficient (Wildman–Crippen LogP) is 0.440. The second-order valence-corrected chi connectivity index (χ2v) is 5.54. The fraction of sp³-hybridized carbons (Fsp3) is 1.00. The van der Waals surface area contributed by atoms with Crippen LogP contribution in [0.1, 0.15) is 0 Å². The van der Waals surface area contributed by atoms with Gasteiger partial charge in [0, 0.05) is 32.8 Å². The zero-order valence-corrected chi connectivity index (χ0v) is 6.47. The van der Waals surface area contributed by atoms with Crippen LogP contribution in [0.3, 0.4) is 0 Å². The fourth-order valence-corrected chi connectivity index (χ4v) is 3.03. The second-order valence-electron chi connectivity index (χ2n) is 2.74. The molecule has 0 N–H and O–H groups in total. The van der Waals surface area contributed by atoms with E-state index in [4.69, 9.17) is 0 Å². The Kier molecular flexibility index (Phi) is 1.05. The molecule has 52 valence electrons. The summed E-state index contributed by atoms with van der Waals surface area (Å²) in [5.74, 6) is 0. The molecule has 0 bridgehead atoms. The zero-order chi connectivity index (χ0) is 6.48. The molecule has 0 aromatic carbocycles. The van der Waals surface area contributed by atoms with Crippen LogP contribution in [0.25, 0.3) is 0 Å². The summed E-state index contributed by atoms with van der Waals surface area (Å²) in [7, 11) is -1.95. The van der Waals surface area contributed by atoms with Crippen LogP contribution in [0.4, 0.5) is 0 Å². The van der Waals surface area contributed by atoms with Gasteiger partial charge in [-0.15, -0.1) is 0 Å². The van der Waals surface area contributed by atoms with E-state index in [-0.39, 0.29) is 0 Å². The molecule has 2 fully saturated rings. The molecule has 2 aliphatic rings. The molecule has 0 atom stereocenters. The Morgan fingerprint density at radius 3 is 1.67 bits per heavy atom. The molecule has 0 spiro atoms. The summed E-state index contributed by atoms with van der Waals surface area (Å²) in [6.07, 6.45) is 0. The van der Waals surface area contributed by atoms with Gasteiger partial charge in [-0.2, -0.15) is 0 Å². The van der Waals surface area contributed by atoms with Gasteiger partial charge in [0.25, 0.3) is 0 Å². The Bertz CT molecular complexity index is 158. The van der Waals surface area contributed by atoms with Crippen molar-refractivity contribution in [2.45, 2.75) is 0 Å². The summed E-state index contributed by atoms with van der Waals surface area (Å²) < 4.78 is 15.7. The summed E-state index contributed by atoms with van der Waals surface area (Å²) in [5.41, 5.74) is 0. The van der Waals surface area contributed by atoms with Gasteiger partial charge < -0.3 is 0 Å². The van der Waals surface area contributed by atoms with Gasteiger partial charge in [-0.05, 0) is 0 Å². The lowest BCUT2D eigenvalue weighted by molar-refractivity contribution is 0.525. The summed E-state index contributed by atoms with van der Waals surface area (Å²) in [6, 6.07) is 0. The molecule has 4 heteroatoms. The van der Waals surface area contributed by atoms with Gasteiger partial charge in [-0.25, -0.2) is 9.34 Å². The number of hydrogen-bond acceptors (Lipinski definition) is 1. The maximum atomic E-state index is 11.6. The van der Waals surface area contributed by atoms with E-state index in [1.165, 1.54) is 0 Å². The van der Waals surface area contributed by atoms with Gasteiger partial charge in [0.05, 0.1) is 0 Å². The van der Waals surface area contributed by atoms with Crippen LogP contribution in [0.2, 0.25) is 0 Å². The lowest BCUT2D eigenvalue weighted by Gasteiger charge is -2.12. The first-order chi connectivity index (χ1) is 4.21. The van der Waals surface area contributed by atoms with E-state index in [1.54, 1.807) is 0 Å². The lowest BCUT2D eigenvalue weighted by Crippen LogP contribution is -2.01. The lowest BCUT2D eigenvalue weighted by atomic mass is 11.0. The highest BCUT2D eigenvalue weighted by atomic mass is 31.2. The summed E-state index contributed by atoms with van der Waals surface area (Å²) in [4.78, 5) is 0. The maximum Gasteiger partial charge on any atom is 0.213 e. The molecule has 0 radical (unpaired) electrons. The molecule has 2 saturated heterocycles. The summed E-state index contributed by atoms with van der Waals surface area (Å²) in [6.45, 7) is 6.05. The van der Waals surface area contributed by atoms with E-state index < -0.39 is 7.44 Å². The molecule has 0 aromatic heterocycles. The Hall–Kier alpha value is 0.150. The number of nitrogens with zero attached hydrogens (tertiary/aromatic N) is 2. The Balaban J connectivity index is 2.10. The molecular formula is C5H11N2OP. The van der Waals surface area contributed by atoms with Crippen molar-refractivity contribution in [3.05, 3.63) is 0 Å². The van der Waals surface area contributed by atoms with Crippen LogP contribution in [0, 0.1) is 0 Å². The molecule has 3 nitrogen and oxygen atoms in total. The molecule has 2 heterocycles. The molecule has 0 amide bonds. The van der Waals surface area contributed by atoms with Gasteiger partial charge in [0.2, 0.25) is 7.44 Å². The van der Waals surface area contributed by atoms with E-state index in [2.05, 4.69) is 9.34 Å². The van der Waals surface area contributed by atoms with E-state index in [9.17, 15) is 4.57 Å². The molecule has 2 rings (SSSR count). The van der Waals surface area contributed by atoms with Crippen molar-refractivity contribution in [2.24, 2.45) is 0 Å². The largest absolute Gasteiger partial charge is 0.289 e. The minimum Gasteiger partial charge on any atom is -0.289 e. The highest BCUT2D eigenvalue weighted by Gasteiger charge is 2.43. The highest BCUT2D eigenvalue weighted by Crippen LogP contribution is 2.56. The number of rotatable bonds is 2. The van der Waals surface area contributed by atoms with Gasteiger partial charge >= 0.3 is 0 Å². The smallest absolute Gasteiger partial charge is 0.213 e. The van der Waals surface area contributed by atoms with Gasteiger partial charge in [0.15, 0.2) is 0 Å². The van der Waals surface area contributed by atoms with Gasteiger partial charge in [-0.1, -0.05) is 0 Å². The molecule has 0 aromatic rings. The quantitative estimate of drug-likeness (QED) is 0.417. The van der Waals surface area contributed by atoms with Crippen LogP contribution in [0.15, 0.2) is 0 Å².